The molecule has 5 heteroatoms. The van der Waals surface area contributed by atoms with Crippen LogP contribution in [0.5, 0.6) is 0 Å². The predicted molar refractivity (Wildman–Crippen MR) is 56.2 cm³/mol. The smallest absolute Gasteiger partial charge is 0.173 e. The van der Waals surface area contributed by atoms with Crippen molar-refractivity contribution in [3.05, 3.63) is 23.7 Å². The molecule has 0 unspecified atom stereocenters. The Morgan fingerprint density at radius 1 is 1.47 bits per heavy atom. The Labute approximate surface area is 87.9 Å². The van der Waals surface area contributed by atoms with E-state index in [1.807, 2.05) is 18.7 Å². The Hall–Kier alpha value is -1.62. The van der Waals surface area contributed by atoms with Gasteiger partial charge in [0.05, 0.1) is 18.0 Å². The van der Waals surface area contributed by atoms with Crippen molar-refractivity contribution in [2.75, 3.05) is 6.54 Å². The molecule has 0 saturated heterocycles. The molecule has 2 aromatic heterocycles. The largest absolute Gasteiger partial charge is 0.356 e. The van der Waals surface area contributed by atoms with Crippen LogP contribution in [0.25, 0.3) is 11.3 Å². The number of hydrogen-bond acceptors (Lipinski definition) is 4. The quantitative estimate of drug-likeness (QED) is 0.809. The van der Waals surface area contributed by atoms with Gasteiger partial charge < -0.3 is 10.3 Å². The summed E-state index contributed by atoms with van der Waals surface area (Å²) in [6.07, 6.45) is 4.28. The summed E-state index contributed by atoms with van der Waals surface area (Å²) in [7, 11) is 1.90. The summed E-state index contributed by atoms with van der Waals surface area (Å²) in [5.74, 6) is 0.783. The van der Waals surface area contributed by atoms with Crippen molar-refractivity contribution < 1.29 is 4.52 Å². The monoisotopic (exact) mass is 206 g/mol. The van der Waals surface area contributed by atoms with Gasteiger partial charge in [-0.2, -0.15) is 5.10 Å². The van der Waals surface area contributed by atoms with E-state index in [-0.39, 0.29) is 0 Å². The highest BCUT2D eigenvalue weighted by molar-refractivity contribution is 5.62. The molecule has 0 aliphatic heterocycles. The molecule has 5 nitrogen and oxygen atoms in total. The van der Waals surface area contributed by atoms with E-state index in [1.54, 1.807) is 12.4 Å². The van der Waals surface area contributed by atoms with Gasteiger partial charge in [-0.1, -0.05) is 5.16 Å². The van der Waals surface area contributed by atoms with E-state index in [2.05, 4.69) is 10.3 Å². The lowest BCUT2D eigenvalue weighted by Crippen LogP contribution is -2.02. The fourth-order valence-electron chi connectivity index (χ4n) is 1.54. The van der Waals surface area contributed by atoms with Crippen LogP contribution in [0, 0.1) is 6.92 Å². The van der Waals surface area contributed by atoms with Crippen molar-refractivity contribution in [2.24, 2.45) is 12.8 Å². The molecule has 0 bridgehead atoms. The normalized spacial score (nSPS) is 10.9. The van der Waals surface area contributed by atoms with E-state index >= 15 is 0 Å². The minimum absolute atomic E-state index is 0.591. The molecule has 80 valence electrons. The highest BCUT2D eigenvalue weighted by Gasteiger charge is 2.14. The first-order valence-electron chi connectivity index (χ1n) is 4.86. The van der Waals surface area contributed by atoms with Crippen LogP contribution in [-0.4, -0.2) is 21.5 Å². The van der Waals surface area contributed by atoms with E-state index in [0.717, 1.165) is 29.0 Å². The molecule has 2 aromatic rings. The van der Waals surface area contributed by atoms with Crippen LogP contribution >= 0.6 is 0 Å². The molecular formula is C10H14N4O. The van der Waals surface area contributed by atoms with E-state index in [0.29, 0.717) is 6.54 Å². The fourth-order valence-corrected chi connectivity index (χ4v) is 1.54. The van der Waals surface area contributed by atoms with Crippen molar-refractivity contribution in [3.63, 3.8) is 0 Å². The molecule has 0 aliphatic rings. The number of aryl methyl sites for hydroxylation is 1. The topological polar surface area (TPSA) is 69.9 Å². The van der Waals surface area contributed by atoms with Gasteiger partial charge in [-0.05, 0) is 19.9 Å². The molecule has 2 rings (SSSR count). The SMILES string of the molecule is Cc1c(-c2oncc2CCN)cnn1C. The molecule has 0 spiro atoms. The Morgan fingerprint density at radius 2 is 2.27 bits per heavy atom. The third-order valence-electron chi connectivity index (χ3n) is 2.54. The van der Waals surface area contributed by atoms with E-state index in [9.17, 15) is 0 Å². The zero-order chi connectivity index (χ0) is 10.8. The van der Waals surface area contributed by atoms with Crippen LogP contribution in [0.15, 0.2) is 16.9 Å². The lowest BCUT2D eigenvalue weighted by molar-refractivity contribution is 0.431. The minimum Gasteiger partial charge on any atom is -0.356 e. The summed E-state index contributed by atoms with van der Waals surface area (Å²) < 4.78 is 7.05. The number of rotatable bonds is 3. The first-order valence-corrected chi connectivity index (χ1v) is 4.86. The van der Waals surface area contributed by atoms with Gasteiger partial charge in [-0.25, -0.2) is 0 Å². The molecule has 0 saturated carbocycles. The minimum atomic E-state index is 0.591. The first kappa shape index (κ1) is 9.92. The molecule has 2 N–H and O–H groups in total. The van der Waals surface area contributed by atoms with Gasteiger partial charge in [0.2, 0.25) is 0 Å². The van der Waals surface area contributed by atoms with Crippen molar-refractivity contribution in [1.29, 1.82) is 0 Å². The van der Waals surface area contributed by atoms with E-state index in [1.165, 1.54) is 0 Å². The summed E-state index contributed by atoms with van der Waals surface area (Å²) in [6, 6.07) is 0. The lowest BCUT2D eigenvalue weighted by Gasteiger charge is -1.99. The van der Waals surface area contributed by atoms with E-state index < -0.39 is 0 Å². The van der Waals surface area contributed by atoms with Crippen molar-refractivity contribution in [3.8, 4) is 11.3 Å². The van der Waals surface area contributed by atoms with Crippen LogP contribution in [0.3, 0.4) is 0 Å². The van der Waals surface area contributed by atoms with Crippen LogP contribution in [0.2, 0.25) is 0 Å². The number of aromatic nitrogens is 3. The van der Waals surface area contributed by atoms with Gasteiger partial charge in [-0.3, -0.25) is 4.68 Å². The van der Waals surface area contributed by atoms with Crippen molar-refractivity contribution in [1.82, 2.24) is 14.9 Å². The molecule has 15 heavy (non-hydrogen) atoms. The van der Waals surface area contributed by atoms with E-state index in [4.69, 9.17) is 10.3 Å². The number of nitrogens with zero attached hydrogens (tertiary/aromatic N) is 3. The number of nitrogens with two attached hydrogens (primary N) is 1. The maximum Gasteiger partial charge on any atom is 0.173 e. The Kier molecular flexibility index (Phi) is 2.55. The van der Waals surface area contributed by atoms with Gasteiger partial charge in [0, 0.05) is 18.3 Å². The third-order valence-corrected chi connectivity index (χ3v) is 2.54. The summed E-state index contributed by atoms with van der Waals surface area (Å²) in [6.45, 7) is 2.59. The predicted octanol–water partition coefficient (Wildman–Crippen LogP) is 0.885. The highest BCUT2D eigenvalue weighted by atomic mass is 16.5. The second-order valence-electron chi connectivity index (χ2n) is 3.49. The molecule has 0 fully saturated rings. The third kappa shape index (κ3) is 1.66. The van der Waals surface area contributed by atoms with Crippen molar-refractivity contribution >= 4 is 0 Å². The second-order valence-corrected chi connectivity index (χ2v) is 3.49. The molecule has 0 amide bonds. The average molecular weight is 206 g/mol. The summed E-state index contributed by atoms with van der Waals surface area (Å²) in [4.78, 5) is 0. The van der Waals surface area contributed by atoms with Crippen LogP contribution in [0.1, 0.15) is 11.3 Å². The van der Waals surface area contributed by atoms with Gasteiger partial charge >= 0.3 is 0 Å². The Bertz CT molecular complexity index is 458. The summed E-state index contributed by atoms with van der Waals surface area (Å²) >= 11 is 0. The van der Waals surface area contributed by atoms with Crippen LogP contribution in [0.4, 0.5) is 0 Å². The zero-order valence-corrected chi connectivity index (χ0v) is 8.90. The Balaban J connectivity index is 2.44. The maximum atomic E-state index is 5.52. The van der Waals surface area contributed by atoms with Gasteiger partial charge in [0.25, 0.3) is 0 Å². The van der Waals surface area contributed by atoms with Gasteiger partial charge in [0.15, 0.2) is 5.76 Å². The molecule has 0 aliphatic carbocycles. The zero-order valence-electron chi connectivity index (χ0n) is 8.90. The standard InChI is InChI=1S/C10H14N4O/c1-7-9(6-12-14(7)2)10-8(3-4-11)5-13-15-10/h5-6H,3-4,11H2,1-2H3. The lowest BCUT2D eigenvalue weighted by atomic mass is 10.1. The van der Waals surface area contributed by atoms with Crippen LogP contribution in [-0.2, 0) is 13.5 Å². The molecule has 0 radical (unpaired) electrons. The van der Waals surface area contributed by atoms with Crippen LogP contribution < -0.4 is 5.73 Å². The molecule has 0 aromatic carbocycles. The average Bonchev–Trinajstić information content (AvgIpc) is 2.77. The van der Waals surface area contributed by atoms with Gasteiger partial charge in [-0.15, -0.1) is 0 Å². The molecular weight excluding hydrogens is 192 g/mol. The van der Waals surface area contributed by atoms with Crippen molar-refractivity contribution in [2.45, 2.75) is 13.3 Å². The highest BCUT2D eigenvalue weighted by Crippen LogP contribution is 2.26. The second kappa shape index (κ2) is 3.86. The maximum absolute atomic E-state index is 5.52. The fraction of sp³-hybridized carbons (Fsp3) is 0.400. The summed E-state index contributed by atoms with van der Waals surface area (Å²) in [5, 5.41) is 7.97. The Morgan fingerprint density at radius 3 is 2.87 bits per heavy atom. The van der Waals surface area contributed by atoms with Gasteiger partial charge in [0.1, 0.15) is 0 Å². The number of hydrogen-bond donors (Lipinski definition) is 1. The molecule has 0 atom stereocenters. The summed E-state index contributed by atoms with van der Waals surface area (Å²) in [5.41, 5.74) is 8.60. The first-order chi connectivity index (χ1) is 7.24. The molecule has 2 heterocycles.